The van der Waals surface area contributed by atoms with Gasteiger partial charge in [-0.3, -0.25) is 4.79 Å². The monoisotopic (exact) mass is 398 g/mol. The molecule has 0 aliphatic rings. The quantitative estimate of drug-likeness (QED) is 0.373. The van der Waals surface area contributed by atoms with E-state index in [0.29, 0.717) is 11.4 Å². The van der Waals surface area contributed by atoms with Crippen LogP contribution in [0, 0.1) is 13.8 Å². The fourth-order valence-corrected chi connectivity index (χ4v) is 4.36. The number of furan rings is 1. The Labute approximate surface area is 171 Å². The summed E-state index contributed by atoms with van der Waals surface area (Å²) in [6.45, 7) is 4.08. The Bertz CT molecular complexity index is 1360. The minimum Gasteiger partial charge on any atom is -0.451 e. The molecule has 5 rings (SSSR count). The van der Waals surface area contributed by atoms with Crippen molar-refractivity contribution in [3.8, 4) is 10.6 Å². The number of carbonyl (C=O) groups is 1. The summed E-state index contributed by atoms with van der Waals surface area (Å²) in [4.78, 5) is 17.3. The first-order valence-corrected chi connectivity index (χ1v) is 10.2. The SMILES string of the molecule is Cc1ccc2cc(C(=O)Nc3ccc(-c4nc5ccc(C)cc5s4)cc3)oc2c1. The second-order valence-corrected chi connectivity index (χ2v) is 8.20. The van der Waals surface area contributed by atoms with E-state index in [9.17, 15) is 4.79 Å². The predicted molar refractivity (Wildman–Crippen MR) is 119 cm³/mol. The van der Waals surface area contributed by atoms with E-state index in [2.05, 4.69) is 24.4 Å². The first-order valence-electron chi connectivity index (χ1n) is 9.34. The number of hydrogen-bond acceptors (Lipinski definition) is 4. The Morgan fingerprint density at radius 3 is 2.52 bits per heavy atom. The molecule has 0 saturated heterocycles. The lowest BCUT2D eigenvalue weighted by Gasteiger charge is -2.04. The number of benzene rings is 3. The third-order valence-corrected chi connectivity index (χ3v) is 5.90. The van der Waals surface area contributed by atoms with Gasteiger partial charge in [0.15, 0.2) is 5.76 Å². The second kappa shape index (κ2) is 6.87. The van der Waals surface area contributed by atoms with Crippen LogP contribution in [-0.4, -0.2) is 10.9 Å². The van der Waals surface area contributed by atoms with Gasteiger partial charge in [-0.1, -0.05) is 18.2 Å². The number of rotatable bonds is 3. The van der Waals surface area contributed by atoms with E-state index < -0.39 is 0 Å². The lowest BCUT2D eigenvalue weighted by atomic mass is 10.2. The molecule has 0 atom stereocenters. The largest absolute Gasteiger partial charge is 0.451 e. The number of aromatic nitrogens is 1. The van der Waals surface area contributed by atoms with Crippen LogP contribution in [0.1, 0.15) is 21.7 Å². The highest BCUT2D eigenvalue weighted by atomic mass is 32.1. The molecule has 0 spiro atoms. The topological polar surface area (TPSA) is 55.1 Å². The van der Waals surface area contributed by atoms with Gasteiger partial charge in [-0.2, -0.15) is 0 Å². The Balaban J connectivity index is 1.36. The molecule has 0 unspecified atom stereocenters. The Morgan fingerprint density at radius 1 is 0.931 bits per heavy atom. The van der Waals surface area contributed by atoms with Crippen LogP contribution in [-0.2, 0) is 0 Å². The third kappa shape index (κ3) is 3.41. The zero-order valence-electron chi connectivity index (χ0n) is 16.0. The molecule has 0 bridgehead atoms. The van der Waals surface area contributed by atoms with Crippen LogP contribution in [0.15, 0.2) is 71.1 Å². The van der Waals surface area contributed by atoms with Crippen molar-refractivity contribution in [1.82, 2.24) is 4.98 Å². The van der Waals surface area contributed by atoms with Gasteiger partial charge < -0.3 is 9.73 Å². The summed E-state index contributed by atoms with van der Waals surface area (Å²) in [6, 6.07) is 21.7. The molecule has 0 radical (unpaired) electrons. The molecule has 4 nitrogen and oxygen atoms in total. The van der Waals surface area contributed by atoms with Crippen molar-refractivity contribution in [1.29, 1.82) is 0 Å². The lowest BCUT2D eigenvalue weighted by molar-refractivity contribution is 0.0998. The summed E-state index contributed by atoms with van der Waals surface area (Å²) in [5.74, 6) is 0.0401. The predicted octanol–water partition coefficient (Wildman–Crippen LogP) is 6.58. The van der Waals surface area contributed by atoms with Crippen molar-refractivity contribution in [2.45, 2.75) is 13.8 Å². The first kappa shape index (κ1) is 17.6. The average Bonchev–Trinajstić information content (AvgIpc) is 3.31. The molecule has 142 valence electrons. The van der Waals surface area contributed by atoms with Crippen molar-refractivity contribution in [2.75, 3.05) is 5.32 Å². The molecule has 1 N–H and O–H groups in total. The molecule has 2 aromatic heterocycles. The highest BCUT2D eigenvalue weighted by molar-refractivity contribution is 7.21. The van der Waals surface area contributed by atoms with Gasteiger partial charge in [0.2, 0.25) is 0 Å². The van der Waals surface area contributed by atoms with E-state index in [1.807, 2.05) is 55.5 Å². The van der Waals surface area contributed by atoms with E-state index in [-0.39, 0.29) is 5.91 Å². The van der Waals surface area contributed by atoms with Crippen LogP contribution in [0.3, 0.4) is 0 Å². The maximum atomic E-state index is 12.6. The van der Waals surface area contributed by atoms with Crippen molar-refractivity contribution in [3.05, 3.63) is 83.6 Å². The van der Waals surface area contributed by atoms with E-state index in [1.54, 1.807) is 17.4 Å². The zero-order valence-corrected chi connectivity index (χ0v) is 16.8. The normalized spacial score (nSPS) is 11.2. The summed E-state index contributed by atoms with van der Waals surface area (Å²) in [5, 5.41) is 4.78. The fourth-order valence-electron chi connectivity index (χ4n) is 3.29. The van der Waals surface area contributed by atoms with Gasteiger partial charge in [0.05, 0.1) is 10.2 Å². The number of anilines is 1. The maximum absolute atomic E-state index is 12.6. The van der Waals surface area contributed by atoms with Gasteiger partial charge in [0.25, 0.3) is 5.91 Å². The van der Waals surface area contributed by atoms with Crippen molar-refractivity contribution < 1.29 is 9.21 Å². The summed E-state index contributed by atoms with van der Waals surface area (Å²) in [7, 11) is 0. The smallest absolute Gasteiger partial charge is 0.291 e. The number of aryl methyl sites for hydroxylation is 2. The highest BCUT2D eigenvalue weighted by Gasteiger charge is 2.13. The number of nitrogens with zero attached hydrogens (tertiary/aromatic N) is 1. The van der Waals surface area contributed by atoms with Gasteiger partial charge in [0.1, 0.15) is 10.6 Å². The summed E-state index contributed by atoms with van der Waals surface area (Å²) in [6.07, 6.45) is 0. The Kier molecular flexibility index (Phi) is 4.18. The van der Waals surface area contributed by atoms with Crippen LogP contribution in [0.2, 0.25) is 0 Å². The average molecular weight is 398 g/mol. The standard InChI is InChI=1S/C24H18N2O2S/c1-14-3-5-17-13-21(28-20(17)11-14)23(27)25-18-8-6-16(7-9-18)24-26-19-10-4-15(2)12-22(19)29-24/h3-13H,1-2H3,(H,25,27). The van der Waals surface area contributed by atoms with Gasteiger partial charge in [-0.15, -0.1) is 11.3 Å². The van der Waals surface area contributed by atoms with E-state index in [4.69, 9.17) is 9.40 Å². The molecule has 5 heteroatoms. The summed E-state index contributed by atoms with van der Waals surface area (Å²) >= 11 is 1.67. The molecule has 0 aliphatic heterocycles. The van der Waals surface area contributed by atoms with E-state index in [0.717, 1.165) is 32.6 Å². The third-order valence-electron chi connectivity index (χ3n) is 4.83. The molecule has 5 aromatic rings. The van der Waals surface area contributed by atoms with Crippen LogP contribution >= 0.6 is 11.3 Å². The van der Waals surface area contributed by atoms with Crippen LogP contribution in [0.5, 0.6) is 0 Å². The molecule has 0 saturated carbocycles. The molecular formula is C24H18N2O2S. The number of fused-ring (bicyclic) bond motifs is 2. The van der Waals surface area contributed by atoms with Gasteiger partial charge in [-0.05, 0) is 73.5 Å². The second-order valence-electron chi connectivity index (χ2n) is 7.17. The molecule has 3 aromatic carbocycles. The highest BCUT2D eigenvalue weighted by Crippen LogP contribution is 2.31. The first-order chi connectivity index (χ1) is 14.0. The van der Waals surface area contributed by atoms with Gasteiger partial charge in [-0.25, -0.2) is 4.98 Å². The van der Waals surface area contributed by atoms with Crippen LogP contribution in [0.4, 0.5) is 5.69 Å². The molecule has 29 heavy (non-hydrogen) atoms. The molecule has 1 amide bonds. The number of nitrogens with one attached hydrogen (secondary N) is 1. The number of thiazole rings is 1. The summed E-state index contributed by atoms with van der Waals surface area (Å²) in [5.41, 5.74) is 5.80. The van der Waals surface area contributed by atoms with E-state index >= 15 is 0 Å². The van der Waals surface area contributed by atoms with Crippen molar-refractivity contribution in [3.63, 3.8) is 0 Å². The van der Waals surface area contributed by atoms with Crippen LogP contribution in [0.25, 0.3) is 31.8 Å². The van der Waals surface area contributed by atoms with Crippen LogP contribution < -0.4 is 5.32 Å². The lowest BCUT2D eigenvalue weighted by Crippen LogP contribution is -2.10. The minimum absolute atomic E-state index is 0.262. The fraction of sp³-hybridized carbons (Fsp3) is 0.0833. The summed E-state index contributed by atoms with van der Waals surface area (Å²) < 4.78 is 6.88. The molecule has 0 aliphatic carbocycles. The minimum atomic E-state index is -0.262. The zero-order chi connectivity index (χ0) is 20.0. The molecule has 0 fully saturated rings. The number of hydrogen-bond donors (Lipinski definition) is 1. The molecule has 2 heterocycles. The van der Waals surface area contributed by atoms with E-state index in [1.165, 1.54) is 10.3 Å². The van der Waals surface area contributed by atoms with Crippen molar-refractivity contribution >= 4 is 44.1 Å². The van der Waals surface area contributed by atoms with Gasteiger partial charge >= 0.3 is 0 Å². The molecular weight excluding hydrogens is 380 g/mol. The Morgan fingerprint density at radius 2 is 1.69 bits per heavy atom. The Hall–Kier alpha value is -3.44. The number of carbonyl (C=O) groups excluding carboxylic acids is 1. The maximum Gasteiger partial charge on any atom is 0.291 e. The van der Waals surface area contributed by atoms with Gasteiger partial charge in [0, 0.05) is 16.6 Å². The number of amides is 1. The van der Waals surface area contributed by atoms with Crippen molar-refractivity contribution in [2.24, 2.45) is 0 Å².